The molecule has 0 spiro atoms. The lowest BCUT2D eigenvalue weighted by Gasteiger charge is -2.14. The molecule has 0 rings (SSSR count). The van der Waals surface area contributed by atoms with Crippen LogP contribution in [-0.2, 0) is 9.59 Å². The summed E-state index contributed by atoms with van der Waals surface area (Å²) in [6.07, 6.45) is 18.1. The highest BCUT2D eigenvalue weighted by molar-refractivity contribution is 9.11. The van der Waals surface area contributed by atoms with Gasteiger partial charge in [-0.15, -0.1) is 0 Å². The molecule has 0 N–H and O–H groups in total. The molecule has 0 radical (unpaired) electrons. The Balaban J connectivity index is 4.48. The van der Waals surface area contributed by atoms with Crippen LogP contribution in [0.2, 0.25) is 0 Å². The number of halogens is 1. The van der Waals surface area contributed by atoms with Crippen LogP contribution in [0.25, 0.3) is 0 Å². The monoisotopic (exact) mass is 442 g/mol. The molecule has 0 aromatic carbocycles. The molecule has 2 nitrogen and oxygen atoms in total. The van der Waals surface area contributed by atoms with E-state index in [0.717, 1.165) is 44.9 Å². The molecule has 0 saturated heterocycles. The zero-order chi connectivity index (χ0) is 20.3. The van der Waals surface area contributed by atoms with Crippen molar-refractivity contribution >= 4 is 27.5 Å². The first-order valence-electron chi connectivity index (χ1n) is 11.4. The van der Waals surface area contributed by atoms with Crippen LogP contribution in [0, 0.1) is 5.92 Å². The predicted molar refractivity (Wildman–Crippen MR) is 121 cm³/mol. The largest absolute Gasteiger partial charge is 0.300 e. The van der Waals surface area contributed by atoms with Crippen molar-refractivity contribution in [3.05, 3.63) is 10.6 Å². The van der Waals surface area contributed by atoms with Gasteiger partial charge in [0.2, 0.25) is 0 Å². The first-order valence-corrected chi connectivity index (χ1v) is 12.2. The molecular weight excluding hydrogens is 400 g/mol. The molecule has 0 aliphatic heterocycles. The van der Waals surface area contributed by atoms with Gasteiger partial charge in [0.15, 0.2) is 0 Å². The van der Waals surface area contributed by atoms with E-state index in [9.17, 15) is 9.59 Å². The minimum atomic E-state index is 0.0143. The normalized spacial score (nSPS) is 13.0. The van der Waals surface area contributed by atoms with Crippen molar-refractivity contribution in [3.8, 4) is 0 Å². The zero-order valence-electron chi connectivity index (χ0n) is 18.2. The van der Waals surface area contributed by atoms with Crippen LogP contribution in [0.4, 0.5) is 0 Å². The smallest absolute Gasteiger partial charge is 0.136 e. The maximum absolute atomic E-state index is 12.7. The van der Waals surface area contributed by atoms with Gasteiger partial charge in [0.1, 0.15) is 11.6 Å². The van der Waals surface area contributed by atoms with Crippen molar-refractivity contribution in [2.24, 2.45) is 5.92 Å². The average Bonchev–Trinajstić information content (AvgIpc) is 2.66. The van der Waals surface area contributed by atoms with E-state index in [0.29, 0.717) is 30.8 Å². The molecule has 0 heterocycles. The lowest BCUT2D eigenvalue weighted by Crippen LogP contribution is -2.16. The fourth-order valence-electron chi connectivity index (χ4n) is 3.27. The summed E-state index contributed by atoms with van der Waals surface area (Å²) in [6.45, 7) is 6.56. The SMILES string of the molecule is CCCCCCC(=O)CCC(C/C=C(\Br)CCCC)C(=O)CCCCCC. The highest BCUT2D eigenvalue weighted by Crippen LogP contribution is 2.22. The minimum Gasteiger partial charge on any atom is -0.300 e. The quantitative estimate of drug-likeness (QED) is 0.188. The maximum atomic E-state index is 12.7. The summed E-state index contributed by atoms with van der Waals surface area (Å²) in [7, 11) is 0. The Bertz CT molecular complexity index is 415. The second-order valence-corrected chi connectivity index (χ2v) is 8.87. The van der Waals surface area contributed by atoms with E-state index in [-0.39, 0.29) is 5.92 Å². The summed E-state index contributed by atoms with van der Waals surface area (Å²) in [5.41, 5.74) is 0. The predicted octanol–water partition coefficient (Wildman–Crippen LogP) is 8.32. The van der Waals surface area contributed by atoms with Crippen LogP contribution < -0.4 is 0 Å². The van der Waals surface area contributed by atoms with E-state index in [1.54, 1.807) is 0 Å². The van der Waals surface area contributed by atoms with Gasteiger partial charge in [-0.2, -0.15) is 0 Å². The van der Waals surface area contributed by atoms with E-state index in [4.69, 9.17) is 0 Å². The number of ketones is 2. The van der Waals surface area contributed by atoms with Crippen molar-refractivity contribution in [2.45, 2.75) is 124 Å². The van der Waals surface area contributed by atoms with Gasteiger partial charge in [-0.1, -0.05) is 87.7 Å². The van der Waals surface area contributed by atoms with Crippen molar-refractivity contribution in [1.29, 1.82) is 0 Å². The molecule has 158 valence electrons. The zero-order valence-corrected chi connectivity index (χ0v) is 19.7. The molecular formula is C24H43BrO2. The first-order chi connectivity index (χ1) is 13.0. The molecule has 1 atom stereocenters. The van der Waals surface area contributed by atoms with Gasteiger partial charge in [0, 0.05) is 25.2 Å². The Morgan fingerprint density at radius 2 is 1.33 bits per heavy atom. The number of carbonyl (C=O) groups excluding carboxylic acids is 2. The third kappa shape index (κ3) is 16.2. The molecule has 0 saturated carbocycles. The van der Waals surface area contributed by atoms with Gasteiger partial charge in [0.05, 0.1) is 0 Å². The molecule has 27 heavy (non-hydrogen) atoms. The van der Waals surface area contributed by atoms with Crippen molar-refractivity contribution in [2.75, 3.05) is 0 Å². The van der Waals surface area contributed by atoms with Crippen LogP contribution >= 0.6 is 15.9 Å². The molecule has 0 amide bonds. The molecule has 1 unspecified atom stereocenters. The van der Waals surface area contributed by atoms with Gasteiger partial charge >= 0.3 is 0 Å². The molecule has 0 aromatic heterocycles. The first kappa shape index (κ1) is 26.6. The number of rotatable bonds is 19. The second kappa shape index (κ2) is 18.9. The standard InChI is InChI=1S/C24H43BrO2/c1-4-7-10-12-15-23(26)20-18-21(17-19-22(25)14-9-6-3)24(27)16-13-11-8-5-2/h19,21H,4-18,20H2,1-3H3/b22-19-. The number of unbranched alkanes of at least 4 members (excludes halogenated alkanes) is 7. The molecule has 0 aliphatic rings. The summed E-state index contributed by atoms with van der Waals surface area (Å²) >= 11 is 3.64. The highest BCUT2D eigenvalue weighted by atomic mass is 79.9. The minimum absolute atomic E-state index is 0.0143. The van der Waals surface area contributed by atoms with E-state index in [1.165, 1.54) is 43.0 Å². The van der Waals surface area contributed by atoms with E-state index >= 15 is 0 Å². The van der Waals surface area contributed by atoms with Crippen LogP contribution in [0.15, 0.2) is 10.6 Å². The van der Waals surface area contributed by atoms with Crippen LogP contribution in [0.3, 0.4) is 0 Å². The Labute approximate surface area is 177 Å². The maximum Gasteiger partial charge on any atom is 0.136 e. The molecule has 0 bridgehead atoms. The Kier molecular flexibility index (Phi) is 18.6. The molecule has 0 aliphatic carbocycles. The van der Waals surface area contributed by atoms with Gasteiger partial charge < -0.3 is 0 Å². The summed E-state index contributed by atoms with van der Waals surface area (Å²) in [6, 6.07) is 0. The molecule has 0 aromatic rings. The number of hydrogen-bond donors (Lipinski definition) is 0. The number of carbonyl (C=O) groups is 2. The van der Waals surface area contributed by atoms with Crippen LogP contribution in [-0.4, -0.2) is 11.6 Å². The fourth-order valence-corrected chi connectivity index (χ4v) is 3.73. The summed E-state index contributed by atoms with van der Waals surface area (Å²) in [5.74, 6) is 0.709. The number of allylic oxidation sites excluding steroid dienone is 2. The Morgan fingerprint density at radius 1 is 0.741 bits per heavy atom. The number of Topliss-reactive ketones (excluding diaryl/α,β-unsaturated/α-hetero) is 2. The lowest BCUT2D eigenvalue weighted by molar-refractivity contribution is -0.123. The highest BCUT2D eigenvalue weighted by Gasteiger charge is 2.18. The Hall–Kier alpha value is -0.440. The van der Waals surface area contributed by atoms with Crippen LogP contribution in [0.5, 0.6) is 0 Å². The molecule has 3 heteroatoms. The summed E-state index contributed by atoms with van der Waals surface area (Å²) < 4.78 is 1.21. The van der Waals surface area contributed by atoms with Gasteiger partial charge in [-0.25, -0.2) is 0 Å². The number of hydrogen-bond acceptors (Lipinski definition) is 2. The lowest BCUT2D eigenvalue weighted by atomic mass is 9.89. The van der Waals surface area contributed by atoms with Crippen molar-refractivity contribution in [3.63, 3.8) is 0 Å². The summed E-state index contributed by atoms with van der Waals surface area (Å²) in [5, 5.41) is 0. The van der Waals surface area contributed by atoms with Crippen LogP contribution in [0.1, 0.15) is 124 Å². The van der Waals surface area contributed by atoms with Gasteiger partial charge in [-0.3, -0.25) is 9.59 Å². The second-order valence-electron chi connectivity index (χ2n) is 7.85. The van der Waals surface area contributed by atoms with Crippen molar-refractivity contribution < 1.29 is 9.59 Å². The third-order valence-electron chi connectivity index (χ3n) is 5.21. The Morgan fingerprint density at radius 3 is 1.93 bits per heavy atom. The van der Waals surface area contributed by atoms with Gasteiger partial charge in [0.25, 0.3) is 0 Å². The fraction of sp³-hybridized carbons (Fsp3) is 0.833. The molecule has 0 fully saturated rings. The third-order valence-corrected chi connectivity index (χ3v) is 5.93. The van der Waals surface area contributed by atoms with E-state index in [2.05, 4.69) is 42.8 Å². The van der Waals surface area contributed by atoms with Gasteiger partial charge in [-0.05, 0) is 43.0 Å². The topological polar surface area (TPSA) is 34.1 Å². The summed E-state index contributed by atoms with van der Waals surface area (Å²) in [4.78, 5) is 24.9. The van der Waals surface area contributed by atoms with Crippen molar-refractivity contribution in [1.82, 2.24) is 0 Å². The van der Waals surface area contributed by atoms with E-state index < -0.39 is 0 Å². The van der Waals surface area contributed by atoms with E-state index in [1.807, 2.05) is 0 Å². The average molecular weight is 444 g/mol.